The van der Waals surface area contributed by atoms with Crippen LogP contribution in [0.15, 0.2) is 18.5 Å². The van der Waals surface area contributed by atoms with Crippen LogP contribution in [0.5, 0.6) is 5.75 Å². The zero-order valence-electron chi connectivity index (χ0n) is 10.5. The highest BCUT2D eigenvalue weighted by Gasteiger charge is 2.28. The molecule has 0 bridgehead atoms. The van der Waals surface area contributed by atoms with Gasteiger partial charge in [-0.1, -0.05) is 6.92 Å². The molecule has 0 saturated heterocycles. The summed E-state index contributed by atoms with van der Waals surface area (Å²) < 4.78 is 5.37. The average molecular weight is 233 g/mol. The topological polar surface area (TPSA) is 39.2 Å². The maximum Gasteiger partial charge on any atom is 0.167 e. The molecule has 3 nitrogen and oxygen atoms in total. The van der Waals surface area contributed by atoms with E-state index in [1.807, 2.05) is 13.0 Å². The van der Waals surface area contributed by atoms with Crippen molar-refractivity contribution < 1.29 is 9.53 Å². The van der Waals surface area contributed by atoms with E-state index in [4.69, 9.17) is 4.74 Å². The lowest BCUT2D eigenvalue weighted by molar-refractivity contribution is 0.0919. The van der Waals surface area contributed by atoms with Crippen LogP contribution in [-0.4, -0.2) is 17.4 Å². The predicted octanol–water partition coefficient (Wildman–Crippen LogP) is 3.10. The van der Waals surface area contributed by atoms with E-state index >= 15 is 0 Å². The summed E-state index contributed by atoms with van der Waals surface area (Å²) in [6.07, 6.45) is 6.48. The smallest absolute Gasteiger partial charge is 0.167 e. The normalized spacial score (nSPS) is 23.6. The van der Waals surface area contributed by atoms with E-state index in [1.54, 1.807) is 12.4 Å². The molecule has 1 aliphatic rings. The molecule has 2 unspecified atom stereocenters. The van der Waals surface area contributed by atoms with Gasteiger partial charge in [-0.15, -0.1) is 0 Å². The SMILES string of the molecule is CCOc1cncc(C(=O)C2CCC(C)C2)c1. The van der Waals surface area contributed by atoms with Gasteiger partial charge in [0.2, 0.25) is 0 Å². The van der Waals surface area contributed by atoms with Crippen LogP contribution in [0.3, 0.4) is 0 Å². The monoisotopic (exact) mass is 233 g/mol. The Labute approximate surface area is 102 Å². The van der Waals surface area contributed by atoms with Crippen LogP contribution < -0.4 is 4.74 Å². The number of ketones is 1. The maximum atomic E-state index is 12.3. The van der Waals surface area contributed by atoms with Crippen molar-refractivity contribution in [3.8, 4) is 5.75 Å². The van der Waals surface area contributed by atoms with E-state index in [9.17, 15) is 4.79 Å². The van der Waals surface area contributed by atoms with Gasteiger partial charge < -0.3 is 4.74 Å². The van der Waals surface area contributed by atoms with Gasteiger partial charge in [-0.3, -0.25) is 9.78 Å². The standard InChI is InChI=1S/C14H19NO2/c1-3-17-13-7-12(8-15-9-13)14(16)11-5-4-10(2)6-11/h7-11H,3-6H2,1-2H3. The Hall–Kier alpha value is -1.38. The molecule has 2 rings (SSSR count). The summed E-state index contributed by atoms with van der Waals surface area (Å²) in [4.78, 5) is 16.3. The number of pyridine rings is 1. The summed E-state index contributed by atoms with van der Waals surface area (Å²) in [6.45, 7) is 4.73. The zero-order valence-corrected chi connectivity index (χ0v) is 10.5. The van der Waals surface area contributed by atoms with Crippen LogP contribution in [0.25, 0.3) is 0 Å². The fraction of sp³-hybridized carbons (Fsp3) is 0.571. The van der Waals surface area contributed by atoms with Crippen LogP contribution >= 0.6 is 0 Å². The van der Waals surface area contributed by atoms with Crippen LogP contribution in [-0.2, 0) is 0 Å². The second-order valence-corrected chi connectivity index (χ2v) is 4.82. The molecule has 1 aromatic rings. The van der Waals surface area contributed by atoms with Crippen molar-refractivity contribution in [2.24, 2.45) is 11.8 Å². The highest BCUT2D eigenvalue weighted by Crippen LogP contribution is 2.32. The number of hydrogen-bond donors (Lipinski definition) is 0. The number of hydrogen-bond acceptors (Lipinski definition) is 3. The van der Waals surface area contributed by atoms with Crippen LogP contribution in [0.1, 0.15) is 43.5 Å². The first-order chi connectivity index (χ1) is 8.20. The third-order valence-corrected chi connectivity index (χ3v) is 3.37. The lowest BCUT2D eigenvalue weighted by Crippen LogP contribution is -2.12. The minimum absolute atomic E-state index is 0.184. The first-order valence-corrected chi connectivity index (χ1v) is 6.32. The first kappa shape index (κ1) is 12.1. The second kappa shape index (κ2) is 5.30. The largest absolute Gasteiger partial charge is 0.492 e. The predicted molar refractivity (Wildman–Crippen MR) is 66.2 cm³/mol. The van der Waals surface area contributed by atoms with Gasteiger partial charge in [0.15, 0.2) is 5.78 Å². The molecule has 3 heteroatoms. The van der Waals surface area contributed by atoms with E-state index in [-0.39, 0.29) is 11.7 Å². The Balaban J connectivity index is 2.10. The minimum atomic E-state index is 0.184. The van der Waals surface area contributed by atoms with Crippen molar-refractivity contribution >= 4 is 5.78 Å². The molecule has 0 amide bonds. The van der Waals surface area contributed by atoms with E-state index in [1.165, 1.54) is 0 Å². The molecular weight excluding hydrogens is 214 g/mol. The summed E-state index contributed by atoms with van der Waals surface area (Å²) in [5.74, 6) is 1.77. The van der Waals surface area contributed by atoms with Gasteiger partial charge in [-0.2, -0.15) is 0 Å². The number of carbonyl (C=O) groups is 1. The lowest BCUT2D eigenvalue weighted by atomic mass is 9.96. The minimum Gasteiger partial charge on any atom is -0.492 e. The zero-order chi connectivity index (χ0) is 12.3. The summed E-state index contributed by atoms with van der Waals surface area (Å²) >= 11 is 0. The van der Waals surface area contributed by atoms with Gasteiger partial charge in [0.05, 0.1) is 12.8 Å². The fourth-order valence-electron chi connectivity index (χ4n) is 2.48. The molecule has 1 aliphatic carbocycles. The van der Waals surface area contributed by atoms with Gasteiger partial charge in [0.1, 0.15) is 5.75 Å². The number of rotatable bonds is 4. The molecule has 0 N–H and O–H groups in total. The average Bonchev–Trinajstić information content (AvgIpc) is 2.76. The Kier molecular flexibility index (Phi) is 3.77. The highest BCUT2D eigenvalue weighted by molar-refractivity contribution is 5.98. The maximum absolute atomic E-state index is 12.3. The molecule has 0 radical (unpaired) electrons. The van der Waals surface area contributed by atoms with E-state index in [0.29, 0.717) is 23.8 Å². The van der Waals surface area contributed by atoms with Crippen molar-refractivity contribution in [1.29, 1.82) is 0 Å². The molecule has 2 atom stereocenters. The molecule has 0 aromatic carbocycles. The number of nitrogens with zero attached hydrogens (tertiary/aromatic N) is 1. The summed E-state index contributed by atoms with van der Waals surface area (Å²) in [6, 6.07) is 1.81. The molecule has 1 aromatic heterocycles. The summed E-state index contributed by atoms with van der Waals surface area (Å²) in [7, 11) is 0. The Bertz CT molecular complexity index is 403. The van der Waals surface area contributed by atoms with E-state index in [2.05, 4.69) is 11.9 Å². The molecule has 92 valence electrons. The molecule has 0 spiro atoms. The lowest BCUT2D eigenvalue weighted by Gasteiger charge is -2.09. The Morgan fingerprint density at radius 1 is 1.47 bits per heavy atom. The number of Topliss-reactive ketones (excluding diaryl/α,β-unsaturated/α-hetero) is 1. The Morgan fingerprint density at radius 2 is 2.29 bits per heavy atom. The van der Waals surface area contributed by atoms with Gasteiger partial charge in [0.25, 0.3) is 0 Å². The number of carbonyl (C=O) groups excluding carboxylic acids is 1. The third-order valence-electron chi connectivity index (χ3n) is 3.37. The van der Waals surface area contributed by atoms with Gasteiger partial charge in [-0.05, 0) is 38.2 Å². The summed E-state index contributed by atoms with van der Waals surface area (Å²) in [5, 5.41) is 0. The second-order valence-electron chi connectivity index (χ2n) is 4.82. The third kappa shape index (κ3) is 2.84. The van der Waals surface area contributed by atoms with Gasteiger partial charge >= 0.3 is 0 Å². The number of aromatic nitrogens is 1. The van der Waals surface area contributed by atoms with Crippen molar-refractivity contribution in [3.63, 3.8) is 0 Å². The van der Waals surface area contributed by atoms with Gasteiger partial charge in [0, 0.05) is 17.7 Å². The Morgan fingerprint density at radius 3 is 2.94 bits per heavy atom. The first-order valence-electron chi connectivity index (χ1n) is 6.32. The highest BCUT2D eigenvalue weighted by atomic mass is 16.5. The van der Waals surface area contributed by atoms with E-state index in [0.717, 1.165) is 19.3 Å². The molecular formula is C14H19NO2. The van der Waals surface area contributed by atoms with Crippen molar-refractivity contribution in [3.05, 3.63) is 24.0 Å². The molecule has 17 heavy (non-hydrogen) atoms. The molecule has 1 heterocycles. The van der Waals surface area contributed by atoms with Crippen molar-refractivity contribution in [1.82, 2.24) is 4.98 Å². The molecule has 1 saturated carbocycles. The van der Waals surface area contributed by atoms with Crippen LogP contribution in [0.4, 0.5) is 0 Å². The quantitative estimate of drug-likeness (QED) is 0.750. The van der Waals surface area contributed by atoms with Crippen molar-refractivity contribution in [2.45, 2.75) is 33.1 Å². The van der Waals surface area contributed by atoms with Crippen molar-refractivity contribution in [2.75, 3.05) is 6.61 Å². The van der Waals surface area contributed by atoms with Crippen LogP contribution in [0, 0.1) is 11.8 Å². The fourth-order valence-corrected chi connectivity index (χ4v) is 2.48. The molecule has 1 fully saturated rings. The van der Waals surface area contributed by atoms with Gasteiger partial charge in [-0.25, -0.2) is 0 Å². The summed E-state index contributed by atoms with van der Waals surface area (Å²) in [5.41, 5.74) is 0.690. The molecule has 0 aliphatic heterocycles. The number of ether oxygens (including phenoxy) is 1. The van der Waals surface area contributed by atoms with E-state index < -0.39 is 0 Å². The van der Waals surface area contributed by atoms with Crippen LogP contribution in [0.2, 0.25) is 0 Å².